The molecule has 0 saturated carbocycles. The van der Waals surface area contributed by atoms with Crippen LogP contribution in [0.3, 0.4) is 0 Å². The molecule has 0 aliphatic rings. The number of aryl methyl sites for hydroxylation is 2. The molecule has 5 aromatic rings. The van der Waals surface area contributed by atoms with Crippen LogP contribution in [-0.4, -0.2) is 19.5 Å². The minimum Gasteiger partial charge on any atom is -0.399 e. The van der Waals surface area contributed by atoms with Crippen LogP contribution in [0.1, 0.15) is 31.3 Å². The molecule has 0 aliphatic carbocycles. The molecule has 0 unspecified atom stereocenters. The maximum absolute atomic E-state index is 6.38. The zero-order valence-electron chi connectivity index (χ0n) is 17.5. The number of nitrogen functional groups attached to an aromatic ring is 2. The highest BCUT2D eigenvalue weighted by molar-refractivity contribution is 7.17. The second-order valence-corrected chi connectivity index (χ2v) is 8.89. The van der Waals surface area contributed by atoms with Gasteiger partial charge < -0.3 is 16.0 Å². The molecule has 31 heavy (non-hydrogen) atoms. The van der Waals surface area contributed by atoms with Crippen molar-refractivity contribution in [3.63, 3.8) is 0 Å². The molecule has 5 rings (SSSR count). The van der Waals surface area contributed by atoms with E-state index in [1.807, 2.05) is 24.3 Å². The summed E-state index contributed by atoms with van der Waals surface area (Å²) in [5.74, 6) is 2.04. The molecular formula is C24H24N6S. The third-order valence-corrected chi connectivity index (χ3v) is 6.46. The van der Waals surface area contributed by atoms with Crippen LogP contribution >= 0.6 is 11.3 Å². The molecule has 7 heteroatoms. The Morgan fingerprint density at radius 1 is 0.935 bits per heavy atom. The van der Waals surface area contributed by atoms with Crippen LogP contribution < -0.4 is 11.5 Å². The highest BCUT2D eigenvalue weighted by Crippen LogP contribution is 2.34. The van der Waals surface area contributed by atoms with Gasteiger partial charge in [-0.15, -0.1) is 11.3 Å². The van der Waals surface area contributed by atoms with Gasteiger partial charge in [-0.3, -0.25) is 0 Å². The molecule has 0 radical (unpaired) electrons. The standard InChI is InChI=1S/C24H24N6S/c1-14(2)30-20(12-9-15-7-10-16(25)11-8-15)27-21-22(26)28-23(29-24(21)30)18-13-31-19-6-4-3-5-17(18)19/h3-8,10-11,13-14H,9,12,25H2,1-2H3,(H2,26,28,29). The molecule has 156 valence electrons. The largest absolute Gasteiger partial charge is 0.399 e. The maximum atomic E-state index is 6.38. The molecule has 3 aromatic heterocycles. The van der Waals surface area contributed by atoms with E-state index in [1.54, 1.807) is 11.3 Å². The normalized spacial score (nSPS) is 11.7. The van der Waals surface area contributed by atoms with E-state index in [9.17, 15) is 0 Å². The summed E-state index contributed by atoms with van der Waals surface area (Å²) in [5.41, 5.74) is 16.7. The first kappa shape index (κ1) is 19.5. The van der Waals surface area contributed by atoms with Crippen LogP contribution in [0.25, 0.3) is 32.6 Å². The number of thiophene rings is 1. The van der Waals surface area contributed by atoms with Crippen LogP contribution in [0.5, 0.6) is 0 Å². The van der Waals surface area contributed by atoms with E-state index in [4.69, 9.17) is 21.4 Å². The second-order valence-electron chi connectivity index (χ2n) is 7.98. The fraction of sp³-hybridized carbons (Fsp3) is 0.208. The van der Waals surface area contributed by atoms with Gasteiger partial charge in [-0.2, -0.15) is 0 Å². The highest BCUT2D eigenvalue weighted by Gasteiger charge is 2.20. The average molecular weight is 429 g/mol. The van der Waals surface area contributed by atoms with Gasteiger partial charge in [-0.25, -0.2) is 15.0 Å². The molecule has 6 nitrogen and oxygen atoms in total. The third-order valence-electron chi connectivity index (χ3n) is 5.49. The molecule has 0 bridgehead atoms. The van der Waals surface area contributed by atoms with Gasteiger partial charge >= 0.3 is 0 Å². The summed E-state index contributed by atoms with van der Waals surface area (Å²) in [4.78, 5) is 14.4. The molecule has 0 spiro atoms. The first-order valence-corrected chi connectivity index (χ1v) is 11.2. The lowest BCUT2D eigenvalue weighted by atomic mass is 10.1. The van der Waals surface area contributed by atoms with E-state index >= 15 is 0 Å². The predicted octanol–water partition coefficient (Wildman–Crippen LogP) is 5.24. The summed E-state index contributed by atoms with van der Waals surface area (Å²) in [6.07, 6.45) is 1.65. The van der Waals surface area contributed by atoms with Crippen molar-refractivity contribution in [2.45, 2.75) is 32.7 Å². The van der Waals surface area contributed by atoms with Crippen LogP contribution in [0.4, 0.5) is 11.5 Å². The Hall–Kier alpha value is -3.45. The van der Waals surface area contributed by atoms with Gasteiger partial charge in [0.15, 0.2) is 22.8 Å². The smallest absolute Gasteiger partial charge is 0.166 e. The Bertz CT molecular complexity index is 1380. The van der Waals surface area contributed by atoms with Gasteiger partial charge in [0.25, 0.3) is 0 Å². The lowest BCUT2D eigenvalue weighted by molar-refractivity contribution is 0.578. The molecule has 2 aromatic carbocycles. The first-order chi connectivity index (χ1) is 15.0. The quantitative estimate of drug-likeness (QED) is 0.373. The summed E-state index contributed by atoms with van der Waals surface area (Å²) in [7, 11) is 0. The van der Waals surface area contributed by atoms with Gasteiger partial charge in [0, 0.05) is 39.2 Å². The van der Waals surface area contributed by atoms with Crippen molar-refractivity contribution >= 4 is 44.1 Å². The van der Waals surface area contributed by atoms with Gasteiger partial charge in [0.1, 0.15) is 5.82 Å². The average Bonchev–Trinajstić information content (AvgIpc) is 3.35. The van der Waals surface area contributed by atoms with Gasteiger partial charge in [-0.05, 0) is 44.0 Å². The predicted molar refractivity (Wildman–Crippen MR) is 129 cm³/mol. The van der Waals surface area contributed by atoms with Crippen molar-refractivity contribution in [2.75, 3.05) is 11.5 Å². The lowest BCUT2D eigenvalue weighted by Gasteiger charge is -2.13. The third kappa shape index (κ3) is 3.51. The molecule has 0 saturated heterocycles. The minimum atomic E-state index is 0.202. The molecule has 3 heterocycles. The Kier molecular flexibility index (Phi) is 4.82. The van der Waals surface area contributed by atoms with E-state index in [-0.39, 0.29) is 6.04 Å². The molecule has 0 aliphatic heterocycles. The zero-order chi connectivity index (χ0) is 21.5. The Labute approximate surface area is 184 Å². The fourth-order valence-corrected chi connectivity index (χ4v) is 4.91. The molecule has 0 amide bonds. The zero-order valence-corrected chi connectivity index (χ0v) is 18.4. The number of nitrogens with zero attached hydrogens (tertiary/aromatic N) is 4. The summed E-state index contributed by atoms with van der Waals surface area (Å²) in [6.45, 7) is 4.29. The van der Waals surface area contributed by atoms with Crippen LogP contribution in [-0.2, 0) is 12.8 Å². The van der Waals surface area contributed by atoms with Gasteiger partial charge in [0.2, 0.25) is 0 Å². The van der Waals surface area contributed by atoms with Crippen molar-refractivity contribution in [2.24, 2.45) is 0 Å². The summed E-state index contributed by atoms with van der Waals surface area (Å²) < 4.78 is 3.39. The number of anilines is 2. The minimum absolute atomic E-state index is 0.202. The van der Waals surface area contributed by atoms with E-state index in [0.717, 1.165) is 41.0 Å². The number of aromatic nitrogens is 4. The highest BCUT2D eigenvalue weighted by atomic mass is 32.1. The van der Waals surface area contributed by atoms with Crippen molar-refractivity contribution < 1.29 is 0 Å². The van der Waals surface area contributed by atoms with Crippen molar-refractivity contribution in [1.29, 1.82) is 0 Å². The van der Waals surface area contributed by atoms with Gasteiger partial charge in [-0.1, -0.05) is 30.3 Å². The number of imidazole rings is 1. The SMILES string of the molecule is CC(C)n1c(CCc2ccc(N)cc2)nc2c(N)nc(-c3csc4ccccc34)nc21. The van der Waals surface area contributed by atoms with Crippen molar-refractivity contribution in [3.05, 3.63) is 65.3 Å². The summed E-state index contributed by atoms with van der Waals surface area (Å²) >= 11 is 1.69. The second kappa shape index (κ2) is 7.67. The summed E-state index contributed by atoms with van der Waals surface area (Å²) in [6, 6.07) is 16.5. The number of benzene rings is 2. The topological polar surface area (TPSA) is 95.6 Å². The number of fused-ring (bicyclic) bond motifs is 2. The van der Waals surface area contributed by atoms with E-state index in [1.165, 1.54) is 10.3 Å². The maximum Gasteiger partial charge on any atom is 0.166 e. The Balaban J connectivity index is 1.59. The number of hydrogen-bond acceptors (Lipinski definition) is 6. The van der Waals surface area contributed by atoms with Crippen LogP contribution in [0.15, 0.2) is 53.9 Å². The Morgan fingerprint density at radius 3 is 2.48 bits per heavy atom. The van der Waals surface area contributed by atoms with E-state index < -0.39 is 0 Å². The molecule has 0 atom stereocenters. The monoisotopic (exact) mass is 428 g/mol. The van der Waals surface area contributed by atoms with Crippen LogP contribution in [0.2, 0.25) is 0 Å². The fourth-order valence-electron chi connectivity index (χ4n) is 3.97. The number of nitrogens with two attached hydrogens (primary N) is 2. The number of rotatable bonds is 5. The van der Waals surface area contributed by atoms with Crippen LogP contribution in [0, 0.1) is 0 Å². The number of hydrogen-bond donors (Lipinski definition) is 2. The first-order valence-electron chi connectivity index (χ1n) is 10.4. The van der Waals surface area contributed by atoms with E-state index in [0.29, 0.717) is 17.2 Å². The summed E-state index contributed by atoms with van der Waals surface area (Å²) in [5, 5.41) is 3.24. The lowest BCUT2D eigenvalue weighted by Crippen LogP contribution is -2.09. The van der Waals surface area contributed by atoms with Crippen molar-refractivity contribution in [3.8, 4) is 11.4 Å². The molecule has 4 N–H and O–H groups in total. The van der Waals surface area contributed by atoms with Gasteiger partial charge in [0.05, 0.1) is 0 Å². The molecule has 0 fully saturated rings. The van der Waals surface area contributed by atoms with Crippen molar-refractivity contribution in [1.82, 2.24) is 19.5 Å². The van der Waals surface area contributed by atoms with E-state index in [2.05, 4.69) is 53.0 Å². The molecular weight excluding hydrogens is 404 g/mol. The Morgan fingerprint density at radius 2 is 1.71 bits per heavy atom.